The molecule has 0 amide bonds. The minimum atomic E-state index is -1.36. The molecule has 10 rings (SSSR count). The average Bonchev–Trinajstić information content (AvgIpc) is 3.63. The van der Waals surface area contributed by atoms with Gasteiger partial charge in [-0.25, -0.2) is 4.79 Å². The largest absolute Gasteiger partial charge is 0.504 e. The van der Waals surface area contributed by atoms with E-state index in [0.717, 1.165) is 16.7 Å². The van der Waals surface area contributed by atoms with Crippen molar-refractivity contribution in [3.05, 3.63) is 62.7 Å². The molecular weight excluding hydrogens is 706 g/mol. The predicted molar refractivity (Wildman–Crippen MR) is 190 cm³/mol. The molecule has 0 saturated carbocycles. The molecule has 7 heterocycles. The normalized spacial score (nSPS) is 29.4. The second-order valence-electron chi connectivity index (χ2n) is 14.5. The molecule has 14 nitrogen and oxygen atoms in total. The highest BCUT2D eigenvalue weighted by molar-refractivity contribution is 7.99. The number of fused-ring (bicyclic) bond motifs is 9. The Kier molecular flexibility index (Phi) is 7.98. The summed E-state index contributed by atoms with van der Waals surface area (Å²) >= 11 is 1.45. The number of piperazine rings is 1. The van der Waals surface area contributed by atoms with Gasteiger partial charge in [0.05, 0.1) is 37.6 Å². The standard InChI is InChI=1S/C38H41N3O11S/c1-15-8-19-9-21-36(45)41-22-12-49-37(46)38(20-11-24(47-4)23(43)10-18(20)6-7-39-38)13-53-35(29(41)28(40-21)25(19)30(44)31(15)48-5)27-26(22)34-33(50-14-51-34)16(2)32(27)52-17(3)42/h8,10-11,21-22,28-29,35-36,39-40,43-45H,6-7,9,12-14H2,1-5H3/t21-,22-,28+,29?,35+,36-,38-/m0/s1. The van der Waals surface area contributed by atoms with Gasteiger partial charge in [-0.1, -0.05) is 6.07 Å². The summed E-state index contributed by atoms with van der Waals surface area (Å²) in [7, 11) is 2.98. The molecule has 280 valence electrons. The Morgan fingerprint density at radius 3 is 2.57 bits per heavy atom. The number of aliphatic hydroxyl groups excluding tert-OH is 1. The Bertz CT molecular complexity index is 2090. The lowest BCUT2D eigenvalue weighted by Crippen LogP contribution is -2.69. The number of thioether (sulfide) groups is 1. The van der Waals surface area contributed by atoms with Gasteiger partial charge in [0.2, 0.25) is 6.79 Å². The van der Waals surface area contributed by atoms with Gasteiger partial charge in [0.15, 0.2) is 40.0 Å². The molecule has 1 unspecified atom stereocenters. The highest BCUT2D eigenvalue weighted by Gasteiger charge is 2.60. The van der Waals surface area contributed by atoms with E-state index >= 15 is 0 Å². The van der Waals surface area contributed by atoms with E-state index in [1.165, 1.54) is 32.9 Å². The summed E-state index contributed by atoms with van der Waals surface area (Å²) in [4.78, 5) is 29.4. The molecule has 7 aliphatic rings. The molecular formula is C38H41N3O11S. The zero-order chi connectivity index (χ0) is 37.1. The Balaban J connectivity index is 1.31. The lowest BCUT2D eigenvalue weighted by atomic mass is 9.74. The van der Waals surface area contributed by atoms with Gasteiger partial charge in [0.25, 0.3) is 0 Å². The van der Waals surface area contributed by atoms with Gasteiger partial charge < -0.3 is 49.1 Å². The summed E-state index contributed by atoms with van der Waals surface area (Å²) < 4.78 is 35.8. The molecule has 7 aliphatic heterocycles. The number of carbonyl (C=O) groups is 2. The van der Waals surface area contributed by atoms with Crippen LogP contribution in [-0.2, 0) is 32.7 Å². The van der Waals surface area contributed by atoms with E-state index in [2.05, 4.69) is 10.6 Å². The van der Waals surface area contributed by atoms with Gasteiger partial charge in [-0.3, -0.25) is 15.0 Å². The molecule has 3 aromatic rings. The third kappa shape index (κ3) is 4.80. The Morgan fingerprint density at radius 1 is 1.02 bits per heavy atom. The summed E-state index contributed by atoms with van der Waals surface area (Å²) in [5.74, 6) is 0.890. The van der Waals surface area contributed by atoms with Crippen LogP contribution < -0.4 is 34.3 Å². The van der Waals surface area contributed by atoms with Crippen LogP contribution in [0.5, 0.6) is 40.2 Å². The van der Waals surface area contributed by atoms with E-state index in [-0.39, 0.29) is 36.4 Å². The fourth-order valence-corrected chi connectivity index (χ4v) is 11.3. The van der Waals surface area contributed by atoms with Gasteiger partial charge in [-0.15, -0.1) is 11.8 Å². The van der Waals surface area contributed by atoms with Crippen molar-refractivity contribution in [1.29, 1.82) is 0 Å². The first kappa shape index (κ1) is 34.4. The van der Waals surface area contributed by atoms with Crippen LogP contribution in [0.2, 0.25) is 0 Å². The first-order valence-electron chi connectivity index (χ1n) is 17.7. The quantitative estimate of drug-likeness (QED) is 0.195. The highest BCUT2D eigenvalue weighted by atomic mass is 32.2. The fourth-order valence-electron chi connectivity index (χ4n) is 9.60. The van der Waals surface area contributed by atoms with Crippen LogP contribution in [0.1, 0.15) is 68.8 Å². The van der Waals surface area contributed by atoms with Crippen LogP contribution in [0.3, 0.4) is 0 Å². The number of nitrogens with one attached hydrogen (secondary N) is 2. The maximum atomic E-state index is 14.6. The molecule has 2 fully saturated rings. The van der Waals surface area contributed by atoms with Crippen molar-refractivity contribution in [2.45, 2.75) is 74.8 Å². The minimum absolute atomic E-state index is 0.0210. The average molecular weight is 748 g/mol. The smallest absolute Gasteiger partial charge is 0.331 e. The van der Waals surface area contributed by atoms with E-state index in [1.54, 1.807) is 12.1 Å². The van der Waals surface area contributed by atoms with Crippen LogP contribution >= 0.6 is 11.8 Å². The number of esters is 2. The van der Waals surface area contributed by atoms with Crippen molar-refractivity contribution in [2.24, 2.45) is 0 Å². The van der Waals surface area contributed by atoms with Crippen molar-refractivity contribution >= 4 is 23.7 Å². The predicted octanol–water partition coefficient (Wildman–Crippen LogP) is 3.07. The molecule has 0 radical (unpaired) electrons. The van der Waals surface area contributed by atoms with E-state index in [0.29, 0.717) is 70.2 Å². The second-order valence-corrected chi connectivity index (χ2v) is 15.6. The Hall–Kier alpha value is -4.41. The number of rotatable bonds is 3. The van der Waals surface area contributed by atoms with Gasteiger partial charge >= 0.3 is 11.9 Å². The Labute approximate surface area is 309 Å². The molecule has 0 aromatic heterocycles. The summed E-state index contributed by atoms with van der Waals surface area (Å²) in [6, 6.07) is 2.99. The highest BCUT2D eigenvalue weighted by Crippen LogP contribution is 2.63. The van der Waals surface area contributed by atoms with E-state index in [9.17, 15) is 24.9 Å². The van der Waals surface area contributed by atoms with Crippen molar-refractivity contribution in [2.75, 3.05) is 39.9 Å². The van der Waals surface area contributed by atoms with Crippen LogP contribution in [0.25, 0.3) is 0 Å². The summed E-state index contributed by atoms with van der Waals surface area (Å²) in [5.41, 5.74) is 4.27. The van der Waals surface area contributed by atoms with Crippen molar-refractivity contribution < 1.29 is 53.3 Å². The zero-order valence-corrected chi connectivity index (χ0v) is 30.7. The molecule has 4 bridgehead atoms. The lowest BCUT2D eigenvalue weighted by molar-refractivity contribution is -0.164. The van der Waals surface area contributed by atoms with Crippen LogP contribution in [0.15, 0.2) is 18.2 Å². The number of hydrogen-bond donors (Lipinski definition) is 5. The maximum absolute atomic E-state index is 14.6. The minimum Gasteiger partial charge on any atom is -0.504 e. The number of phenolic OH excluding ortho intramolecular Hbond substituents is 2. The number of methoxy groups -OCH3 is 2. The molecule has 0 aliphatic carbocycles. The molecule has 5 N–H and O–H groups in total. The van der Waals surface area contributed by atoms with Crippen LogP contribution in [-0.4, -0.2) is 90.4 Å². The molecule has 53 heavy (non-hydrogen) atoms. The van der Waals surface area contributed by atoms with Gasteiger partial charge in [0.1, 0.15) is 18.6 Å². The molecule has 15 heteroatoms. The van der Waals surface area contributed by atoms with Crippen LogP contribution in [0, 0.1) is 13.8 Å². The number of aliphatic hydroxyl groups is 1. The molecule has 3 aromatic carbocycles. The Morgan fingerprint density at radius 2 is 1.81 bits per heavy atom. The molecule has 1 spiro atoms. The lowest BCUT2D eigenvalue weighted by Gasteiger charge is -2.59. The number of benzene rings is 3. The zero-order valence-electron chi connectivity index (χ0n) is 29.9. The molecule has 7 atom stereocenters. The topological polar surface area (TPSA) is 178 Å². The fraction of sp³-hybridized carbons (Fsp3) is 0.474. The number of ether oxygens (including phenoxy) is 6. The molecule has 2 saturated heterocycles. The van der Waals surface area contributed by atoms with E-state index < -0.39 is 53.1 Å². The van der Waals surface area contributed by atoms with E-state index in [1.807, 2.05) is 24.8 Å². The third-order valence-corrected chi connectivity index (χ3v) is 13.2. The number of hydrogen-bond acceptors (Lipinski definition) is 15. The van der Waals surface area contributed by atoms with Crippen molar-refractivity contribution in [1.82, 2.24) is 15.5 Å². The van der Waals surface area contributed by atoms with Crippen molar-refractivity contribution in [3.63, 3.8) is 0 Å². The first-order valence-corrected chi connectivity index (χ1v) is 18.7. The monoisotopic (exact) mass is 747 g/mol. The SMILES string of the molecule is COc1cc2c(cc1O)CCN[C@@]21CS[C@@H]2c3c(OC(C)=O)c(C)c4c(c3[C@H](COC1=O)N1C2[C@@H]2N[C@@H](Cc3cc(C)c(OC)c(O)c32)[C@@H]1O)OCO4. The van der Waals surface area contributed by atoms with Crippen molar-refractivity contribution in [3.8, 4) is 40.2 Å². The number of carbonyl (C=O) groups excluding carboxylic acids is 2. The van der Waals surface area contributed by atoms with E-state index in [4.69, 9.17) is 28.4 Å². The summed E-state index contributed by atoms with van der Waals surface area (Å²) in [6.45, 7) is 5.23. The van der Waals surface area contributed by atoms with Gasteiger partial charge in [0, 0.05) is 47.5 Å². The number of aryl methyl sites for hydroxylation is 1. The van der Waals surface area contributed by atoms with Gasteiger partial charge in [-0.2, -0.15) is 0 Å². The summed E-state index contributed by atoms with van der Waals surface area (Å²) in [6.07, 6.45) is -0.0673. The van der Waals surface area contributed by atoms with Crippen LogP contribution in [0.4, 0.5) is 0 Å². The number of aromatic hydroxyl groups is 2. The first-order chi connectivity index (χ1) is 25.5. The number of phenols is 2. The third-order valence-electron chi connectivity index (χ3n) is 11.8. The number of nitrogens with zero attached hydrogens (tertiary/aromatic N) is 1. The maximum Gasteiger partial charge on any atom is 0.331 e. The summed E-state index contributed by atoms with van der Waals surface area (Å²) in [5, 5.41) is 41.5. The van der Waals surface area contributed by atoms with Gasteiger partial charge in [-0.05, 0) is 61.1 Å². The second kappa shape index (κ2) is 12.3.